The largest absolute Gasteiger partial charge is 0.264 e. The van der Waals surface area contributed by atoms with E-state index in [1.165, 1.54) is 43.2 Å². The fourth-order valence-corrected chi connectivity index (χ4v) is 12.0. The van der Waals surface area contributed by atoms with Gasteiger partial charge in [0.15, 0.2) is 17.5 Å². The lowest BCUT2D eigenvalue weighted by Gasteiger charge is -2.74. The van der Waals surface area contributed by atoms with E-state index in [0.29, 0.717) is 22.9 Å². The number of hydrogen-bond acceptors (Lipinski definition) is 4. The van der Waals surface area contributed by atoms with Crippen LogP contribution in [0.15, 0.2) is 128 Å². The normalized spacial score (nSPS) is 29.8. The molecule has 0 aliphatic heterocycles. The second-order valence-corrected chi connectivity index (χ2v) is 16.0. The molecule has 13 rings (SSSR count). The highest BCUT2D eigenvalue weighted by Crippen LogP contribution is 2.76. The van der Waals surface area contributed by atoms with Gasteiger partial charge in [-0.05, 0) is 126 Å². The Balaban J connectivity index is 1.03. The van der Waals surface area contributed by atoms with Gasteiger partial charge in [0.25, 0.3) is 0 Å². The summed E-state index contributed by atoms with van der Waals surface area (Å²) in [5.74, 6) is 8.79. The van der Waals surface area contributed by atoms with Crippen LogP contribution in [0.25, 0.3) is 56.4 Å². The number of rotatable bonds is 6. The van der Waals surface area contributed by atoms with Gasteiger partial charge in [0.2, 0.25) is 0 Å². The Morgan fingerprint density at radius 1 is 0.440 bits per heavy atom. The zero-order valence-electron chi connectivity index (χ0n) is 28.2. The third kappa shape index (κ3) is 4.36. The van der Waals surface area contributed by atoms with E-state index in [2.05, 4.69) is 77.8 Å². The van der Waals surface area contributed by atoms with Crippen LogP contribution in [0.1, 0.15) is 44.1 Å². The summed E-state index contributed by atoms with van der Waals surface area (Å²) in [5, 5.41) is 0. The highest BCUT2D eigenvalue weighted by atomic mass is 15.0. The molecule has 0 saturated heterocycles. The predicted molar refractivity (Wildman–Crippen MR) is 199 cm³/mol. The standard InChI is InChI=1S/C46H40N4/c1-3-8-31(9-4-1)43-48-44(32-10-5-2-6-11-32)50-45(49-43)36-24-34(23-35(25-36)33-12-7-17-47-27-33)30-13-15-37(16-14-30)46-26-29-19-39-38-18-28(21-41(39)46)22-42(46)40(38)20-29/h1-17,23-25,27-29,38-42H,18-22,26H2. The SMILES string of the molecule is c1ccc(-c2nc(-c3ccccc3)nc(-c3cc(-c4ccc(C56CC7CC8C9CC(CC85)CC6C9C7)cc4)cc(-c4cccnc4)c3)n2)cc1. The van der Waals surface area contributed by atoms with Gasteiger partial charge in [0, 0.05) is 40.1 Å². The minimum atomic E-state index is 0.414. The lowest BCUT2D eigenvalue weighted by molar-refractivity contribution is -0.220. The van der Waals surface area contributed by atoms with Crippen molar-refractivity contribution in [2.75, 3.05) is 0 Å². The van der Waals surface area contributed by atoms with E-state index in [1.807, 2.05) is 54.9 Å². The number of nitrogens with zero attached hydrogens (tertiary/aromatic N) is 4. The minimum Gasteiger partial charge on any atom is -0.264 e. The molecule has 0 spiro atoms. The molecule has 7 fully saturated rings. The van der Waals surface area contributed by atoms with Crippen LogP contribution in [0.2, 0.25) is 0 Å². The number of aromatic nitrogens is 4. The van der Waals surface area contributed by atoms with Crippen molar-refractivity contribution in [3.05, 3.63) is 133 Å². The highest BCUT2D eigenvalue weighted by Gasteiger charge is 2.70. The molecule has 6 aromatic rings. The Labute approximate surface area is 294 Å². The smallest absolute Gasteiger partial charge is 0.164 e. The molecule has 8 bridgehead atoms. The van der Waals surface area contributed by atoms with Crippen LogP contribution in [0.4, 0.5) is 0 Å². The summed E-state index contributed by atoms with van der Waals surface area (Å²) in [7, 11) is 0. The molecule has 2 aromatic heterocycles. The molecule has 7 aliphatic rings. The van der Waals surface area contributed by atoms with Crippen LogP contribution in [0, 0.1) is 41.4 Å². The molecule has 7 aliphatic carbocycles. The average Bonchev–Trinajstić information content (AvgIpc) is 3.20. The first kappa shape index (κ1) is 28.8. The third-order valence-corrected chi connectivity index (χ3v) is 13.7. The first-order valence-electron chi connectivity index (χ1n) is 18.7. The van der Waals surface area contributed by atoms with E-state index in [0.717, 1.165) is 69.2 Å². The average molecular weight is 649 g/mol. The summed E-state index contributed by atoms with van der Waals surface area (Å²) in [6.07, 6.45) is 12.8. The van der Waals surface area contributed by atoms with E-state index in [4.69, 9.17) is 15.0 Å². The predicted octanol–water partition coefficient (Wildman–Crippen LogP) is 10.6. The van der Waals surface area contributed by atoms with Crippen LogP contribution in [-0.2, 0) is 5.41 Å². The van der Waals surface area contributed by atoms with Gasteiger partial charge in [-0.1, -0.05) is 91.0 Å². The fourth-order valence-electron chi connectivity index (χ4n) is 12.0. The van der Waals surface area contributed by atoms with Gasteiger partial charge in [-0.2, -0.15) is 0 Å². The Morgan fingerprint density at radius 2 is 0.980 bits per heavy atom. The quantitative estimate of drug-likeness (QED) is 0.180. The summed E-state index contributed by atoms with van der Waals surface area (Å²) in [4.78, 5) is 19.6. The van der Waals surface area contributed by atoms with Gasteiger partial charge in [0.05, 0.1) is 0 Å². The van der Waals surface area contributed by atoms with E-state index in [-0.39, 0.29) is 0 Å². The van der Waals surface area contributed by atoms with Crippen LogP contribution in [0.5, 0.6) is 0 Å². The summed E-state index contributed by atoms with van der Waals surface area (Å²) in [6.45, 7) is 0. The van der Waals surface area contributed by atoms with E-state index < -0.39 is 0 Å². The van der Waals surface area contributed by atoms with Crippen molar-refractivity contribution in [2.45, 2.75) is 43.9 Å². The molecule has 2 heterocycles. The van der Waals surface area contributed by atoms with Crippen molar-refractivity contribution >= 4 is 0 Å². The van der Waals surface area contributed by atoms with E-state index >= 15 is 0 Å². The molecule has 4 atom stereocenters. The van der Waals surface area contributed by atoms with Gasteiger partial charge >= 0.3 is 0 Å². The summed E-state index contributed by atoms with van der Waals surface area (Å²) < 4.78 is 0. The molecule has 4 nitrogen and oxygen atoms in total. The molecule has 0 N–H and O–H groups in total. The minimum absolute atomic E-state index is 0.414. The topological polar surface area (TPSA) is 51.6 Å². The molecule has 4 aromatic carbocycles. The Hall–Kier alpha value is -4.96. The Kier molecular flexibility index (Phi) is 6.36. The zero-order valence-corrected chi connectivity index (χ0v) is 28.2. The molecule has 50 heavy (non-hydrogen) atoms. The van der Waals surface area contributed by atoms with Gasteiger partial charge in [-0.15, -0.1) is 0 Å². The van der Waals surface area contributed by atoms with Gasteiger partial charge in [-0.25, -0.2) is 15.0 Å². The maximum atomic E-state index is 5.09. The van der Waals surface area contributed by atoms with Crippen molar-refractivity contribution in [2.24, 2.45) is 41.4 Å². The monoisotopic (exact) mass is 648 g/mol. The second-order valence-electron chi connectivity index (χ2n) is 16.0. The first-order valence-corrected chi connectivity index (χ1v) is 18.7. The summed E-state index contributed by atoms with van der Waals surface area (Å²) >= 11 is 0. The molecule has 7 saturated carbocycles. The van der Waals surface area contributed by atoms with Crippen LogP contribution < -0.4 is 0 Å². The van der Waals surface area contributed by atoms with Crippen LogP contribution in [0.3, 0.4) is 0 Å². The second kappa shape index (κ2) is 11.0. The third-order valence-electron chi connectivity index (χ3n) is 13.7. The Bertz CT molecular complexity index is 2130. The van der Waals surface area contributed by atoms with Crippen LogP contribution >= 0.6 is 0 Å². The van der Waals surface area contributed by atoms with Crippen LogP contribution in [-0.4, -0.2) is 19.9 Å². The van der Waals surface area contributed by atoms with Crippen molar-refractivity contribution in [3.8, 4) is 56.4 Å². The van der Waals surface area contributed by atoms with Crippen molar-refractivity contribution in [1.82, 2.24) is 19.9 Å². The molecule has 244 valence electrons. The van der Waals surface area contributed by atoms with E-state index in [1.54, 1.807) is 12.0 Å². The van der Waals surface area contributed by atoms with Crippen molar-refractivity contribution in [1.29, 1.82) is 0 Å². The Morgan fingerprint density at radius 3 is 1.58 bits per heavy atom. The summed E-state index contributed by atoms with van der Waals surface area (Å²) in [6, 6.07) is 41.2. The molecule has 4 heteroatoms. The molecular formula is C46H40N4. The molecule has 4 unspecified atom stereocenters. The van der Waals surface area contributed by atoms with Crippen molar-refractivity contribution < 1.29 is 0 Å². The zero-order chi connectivity index (χ0) is 32.8. The fraction of sp³-hybridized carbons (Fsp3) is 0.304. The number of benzene rings is 4. The van der Waals surface area contributed by atoms with E-state index in [9.17, 15) is 0 Å². The highest BCUT2D eigenvalue weighted by molar-refractivity contribution is 5.80. The lowest BCUT2D eigenvalue weighted by atomic mass is 9.30. The molecular weight excluding hydrogens is 609 g/mol. The number of hydrogen-bond donors (Lipinski definition) is 0. The molecule has 0 amide bonds. The lowest BCUT2D eigenvalue weighted by Crippen LogP contribution is -2.69. The molecule has 0 radical (unpaired) electrons. The number of pyridine rings is 1. The first-order chi connectivity index (χ1) is 24.7. The van der Waals surface area contributed by atoms with Gasteiger partial charge in [0.1, 0.15) is 0 Å². The van der Waals surface area contributed by atoms with Gasteiger partial charge in [-0.3, -0.25) is 4.98 Å². The maximum Gasteiger partial charge on any atom is 0.164 e. The summed E-state index contributed by atoms with van der Waals surface area (Å²) in [5.41, 5.74) is 9.55. The maximum absolute atomic E-state index is 5.09. The van der Waals surface area contributed by atoms with Gasteiger partial charge < -0.3 is 0 Å². The van der Waals surface area contributed by atoms with Crippen molar-refractivity contribution in [3.63, 3.8) is 0 Å².